The zero-order valence-corrected chi connectivity index (χ0v) is 8.74. The van der Waals surface area contributed by atoms with Crippen molar-refractivity contribution in [2.75, 3.05) is 6.61 Å². The molecule has 1 fully saturated rings. The Kier molecular flexibility index (Phi) is 3.01. The van der Waals surface area contributed by atoms with Crippen LogP contribution in [0.25, 0.3) is 0 Å². The van der Waals surface area contributed by atoms with Crippen molar-refractivity contribution in [1.82, 2.24) is 9.55 Å². The molecule has 0 bridgehead atoms. The summed E-state index contributed by atoms with van der Waals surface area (Å²) in [7, 11) is 0. The van der Waals surface area contributed by atoms with Gasteiger partial charge in [-0.1, -0.05) is 0 Å². The van der Waals surface area contributed by atoms with E-state index in [2.05, 4.69) is 0 Å². The van der Waals surface area contributed by atoms with E-state index in [4.69, 9.17) is 9.84 Å². The summed E-state index contributed by atoms with van der Waals surface area (Å²) in [6, 6.07) is 0. The fourth-order valence-corrected chi connectivity index (χ4v) is 1.76. The van der Waals surface area contributed by atoms with Crippen LogP contribution < -0.4 is 11.2 Å². The van der Waals surface area contributed by atoms with Gasteiger partial charge in [0.15, 0.2) is 12.0 Å². The summed E-state index contributed by atoms with van der Waals surface area (Å²) in [5, 5.41) is 27.7. The van der Waals surface area contributed by atoms with E-state index in [0.29, 0.717) is 0 Å². The first kappa shape index (κ1) is 11.8. The van der Waals surface area contributed by atoms with Crippen molar-refractivity contribution in [3.05, 3.63) is 27.0 Å². The predicted octanol–water partition coefficient (Wildman–Crippen LogP) is -2.12. The summed E-state index contributed by atoms with van der Waals surface area (Å²) in [5.41, 5.74) is -1.70. The highest BCUT2D eigenvalue weighted by Gasteiger charge is 2.35. The van der Waals surface area contributed by atoms with Crippen LogP contribution in [0.5, 0.6) is 5.75 Å². The standard InChI is InChI=1S/C9H12N2O6/c12-3-4-1-5(13)8(17-4)11-2-6(14)7(15)10-9(11)16/h2,4-5,8,12-14H,1,3H2,(H,10,15,16)/t4-,5+,8+/m0/s1. The highest BCUT2D eigenvalue weighted by Crippen LogP contribution is 2.27. The number of aromatic nitrogens is 2. The average molecular weight is 244 g/mol. The van der Waals surface area contributed by atoms with Gasteiger partial charge in [0.2, 0.25) is 0 Å². The van der Waals surface area contributed by atoms with E-state index < -0.39 is 35.4 Å². The van der Waals surface area contributed by atoms with Crippen molar-refractivity contribution in [1.29, 1.82) is 0 Å². The third-order valence-corrected chi connectivity index (χ3v) is 2.59. The molecule has 2 heterocycles. The molecule has 1 aromatic rings. The maximum Gasteiger partial charge on any atom is 0.330 e. The monoisotopic (exact) mass is 244 g/mol. The van der Waals surface area contributed by atoms with Crippen molar-refractivity contribution in [2.45, 2.75) is 24.9 Å². The molecule has 1 aliphatic heterocycles. The van der Waals surface area contributed by atoms with E-state index in [1.165, 1.54) is 0 Å². The van der Waals surface area contributed by atoms with Gasteiger partial charge < -0.3 is 20.1 Å². The van der Waals surface area contributed by atoms with Crippen LogP contribution in [0.4, 0.5) is 0 Å². The fourth-order valence-electron chi connectivity index (χ4n) is 1.76. The topological polar surface area (TPSA) is 125 Å². The van der Waals surface area contributed by atoms with Gasteiger partial charge in [-0.2, -0.15) is 0 Å². The van der Waals surface area contributed by atoms with Gasteiger partial charge in [-0.3, -0.25) is 14.3 Å². The molecular formula is C9H12N2O6. The molecule has 0 spiro atoms. The number of nitrogens with zero attached hydrogens (tertiary/aromatic N) is 1. The highest BCUT2D eigenvalue weighted by molar-refractivity contribution is 5.09. The van der Waals surface area contributed by atoms with Gasteiger partial charge in [0.05, 0.1) is 18.9 Å². The molecule has 8 heteroatoms. The Bertz CT molecular complexity index is 521. The SMILES string of the molecule is O=c1[nH]c(=O)n([C@@H]2O[C@H](CO)C[C@H]2O)cc1O. The van der Waals surface area contributed by atoms with E-state index in [1.807, 2.05) is 4.98 Å². The molecule has 0 unspecified atom stereocenters. The lowest BCUT2D eigenvalue weighted by Gasteiger charge is -2.16. The van der Waals surface area contributed by atoms with E-state index in [1.54, 1.807) is 0 Å². The van der Waals surface area contributed by atoms with Gasteiger partial charge in [0.1, 0.15) is 6.10 Å². The Labute approximate surface area is 94.7 Å². The lowest BCUT2D eigenvalue weighted by Crippen LogP contribution is -2.35. The van der Waals surface area contributed by atoms with Crippen LogP contribution in [0.3, 0.4) is 0 Å². The Morgan fingerprint density at radius 1 is 1.53 bits per heavy atom. The number of hydrogen-bond donors (Lipinski definition) is 4. The molecule has 0 amide bonds. The Morgan fingerprint density at radius 2 is 2.24 bits per heavy atom. The second kappa shape index (κ2) is 4.32. The van der Waals surface area contributed by atoms with Crippen LogP contribution >= 0.6 is 0 Å². The second-order valence-electron chi connectivity index (χ2n) is 3.82. The molecule has 2 rings (SSSR count). The molecule has 0 aromatic carbocycles. The third-order valence-electron chi connectivity index (χ3n) is 2.59. The number of hydrogen-bond acceptors (Lipinski definition) is 6. The van der Waals surface area contributed by atoms with Gasteiger partial charge in [-0.05, 0) is 0 Å². The van der Waals surface area contributed by atoms with E-state index in [9.17, 15) is 19.8 Å². The highest BCUT2D eigenvalue weighted by atomic mass is 16.5. The predicted molar refractivity (Wildman–Crippen MR) is 54.6 cm³/mol. The molecule has 8 nitrogen and oxygen atoms in total. The van der Waals surface area contributed by atoms with E-state index >= 15 is 0 Å². The first-order valence-electron chi connectivity index (χ1n) is 5.01. The van der Waals surface area contributed by atoms with Crippen molar-refractivity contribution in [2.24, 2.45) is 0 Å². The zero-order chi connectivity index (χ0) is 12.6. The molecule has 0 aliphatic carbocycles. The Balaban J connectivity index is 2.38. The molecular weight excluding hydrogens is 232 g/mol. The number of aromatic hydroxyl groups is 1. The van der Waals surface area contributed by atoms with Gasteiger partial charge >= 0.3 is 5.69 Å². The summed E-state index contributed by atoms with van der Waals surface area (Å²) in [6.07, 6.45) is -1.52. The molecule has 4 N–H and O–H groups in total. The number of H-pyrrole nitrogens is 1. The van der Waals surface area contributed by atoms with Crippen LogP contribution in [0.2, 0.25) is 0 Å². The van der Waals surface area contributed by atoms with Gasteiger partial charge in [0.25, 0.3) is 5.56 Å². The molecule has 3 atom stereocenters. The molecule has 1 aromatic heterocycles. The number of aliphatic hydroxyl groups excluding tert-OH is 2. The number of aromatic amines is 1. The van der Waals surface area contributed by atoms with Crippen molar-refractivity contribution in [3.8, 4) is 5.75 Å². The number of rotatable bonds is 2. The lowest BCUT2D eigenvalue weighted by atomic mass is 10.2. The summed E-state index contributed by atoms with van der Waals surface area (Å²) in [6.45, 7) is -0.280. The summed E-state index contributed by atoms with van der Waals surface area (Å²) < 4.78 is 6.10. The minimum absolute atomic E-state index is 0.174. The number of nitrogens with one attached hydrogen (secondary N) is 1. The molecule has 94 valence electrons. The maximum absolute atomic E-state index is 11.5. The molecule has 0 radical (unpaired) electrons. The summed E-state index contributed by atoms with van der Waals surface area (Å²) in [4.78, 5) is 24.3. The van der Waals surface area contributed by atoms with Crippen molar-refractivity contribution >= 4 is 0 Å². The number of ether oxygens (including phenoxy) is 1. The molecule has 0 saturated carbocycles. The molecule has 17 heavy (non-hydrogen) atoms. The van der Waals surface area contributed by atoms with Crippen LogP contribution in [0, 0.1) is 0 Å². The quantitative estimate of drug-likeness (QED) is 0.471. The van der Waals surface area contributed by atoms with Crippen LogP contribution in [0.15, 0.2) is 15.8 Å². The normalized spacial score (nSPS) is 28.5. The Morgan fingerprint density at radius 3 is 2.82 bits per heavy atom. The summed E-state index contributed by atoms with van der Waals surface area (Å²) in [5.74, 6) is -0.646. The average Bonchev–Trinajstić information content (AvgIpc) is 2.65. The maximum atomic E-state index is 11.5. The largest absolute Gasteiger partial charge is 0.502 e. The van der Waals surface area contributed by atoms with Crippen molar-refractivity contribution < 1.29 is 20.1 Å². The van der Waals surface area contributed by atoms with Crippen LogP contribution in [-0.4, -0.2) is 43.7 Å². The fraction of sp³-hybridized carbons (Fsp3) is 0.556. The lowest BCUT2D eigenvalue weighted by molar-refractivity contribution is -0.0533. The Hall–Kier alpha value is -1.64. The van der Waals surface area contributed by atoms with Gasteiger partial charge in [-0.25, -0.2) is 4.79 Å². The van der Waals surface area contributed by atoms with Gasteiger partial charge in [-0.15, -0.1) is 0 Å². The zero-order valence-electron chi connectivity index (χ0n) is 8.74. The third kappa shape index (κ3) is 2.09. The van der Waals surface area contributed by atoms with Crippen molar-refractivity contribution in [3.63, 3.8) is 0 Å². The second-order valence-corrected chi connectivity index (χ2v) is 3.82. The van der Waals surface area contributed by atoms with Gasteiger partial charge in [0, 0.05) is 6.42 Å². The number of aliphatic hydroxyl groups is 2. The minimum Gasteiger partial charge on any atom is -0.502 e. The molecule has 1 saturated heterocycles. The molecule has 1 aliphatic rings. The van der Waals surface area contributed by atoms with E-state index in [0.717, 1.165) is 10.8 Å². The minimum atomic E-state index is -1.03. The first-order valence-corrected chi connectivity index (χ1v) is 5.01. The van der Waals surface area contributed by atoms with E-state index in [-0.39, 0.29) is 13.0 Å². The smallest absolute Gasteiger partial charge is 0.330 e. The van der Waals surface area contributed by atoms with Crippen LogP contribution in [-0.2, 0) is 4.74 Å². The van der Waals surface area contributed by atoms with Crippen LogP contribution in [0.1, 0.15) is 12.6 Å². The summed E-state index contributed by atoms with van der Waals surface area (Å²) >= 11 is 0. The first-order chi connectivity index (χ1) is 8.02.